The number of piperidine rings is 1. The van der Waals surface area contributed by atoms with Gasteiger partial charge < -0.3 is 15.5 Å². The predicted octanol–water partition coefficient (Wildman–Crippen LogP) is 1.68. The first-order chi connectivity index (χ1) is 13.2. The van der Waals surface area contributed by atoms with Crippen molar-refractivity contribution in [2.24, 2.45) is 0 Å². The molecule has 27 heavy (non-hydrogen) atoms. The average Bonchev–Trinajstić information content (AvgIpc) is 2.74. The summed E-state index contributed by atoms with van der Waals surface area (Å²) in [5.41, 5.74) is 2.25. The van der Waals surface area contributed by atoms with Gasteiger partial charge >= 0.3 is 0 Å². The Bertz CT molecular complexity index is 767. The minimum absolute atomic E-state index is 0.00601. The topological polar surface area (TPSA) is 61.4 Å². The second kappa shape index (κ2) is 7.53. The van der Waals surface area contributed by atoms with Gasteiger partial charge in [-0.25, -0.2) is 0 Å². The van der Waals surface area contributed by atoms with Crippen LogP contribution in [-0.4, -0.2) is 48.9 Å². The molecule has 2 aliphatic rings. The molecule has 0 radical (unpaired) electrons. The van der Waals surface area contributed by atoms with E-state index in [1.165, 1.54) is 11.1 Å². The number of hydrogen-bond donors (Lipinski definition) is 2. The Hall–Kier alpha value is -2.66. The third kappa shape index (κ3) is 3.47. The SMILES string of the molecule is O=C1CNC[C@H](C(=O)N2CCCC(c3ccccc3)(c3ccccc3)C2)N1. The van der Waals surface area contributed by atoms with Crippen molar-refractivity contribution in [1.29, 1.82) is 0 Å². The molecule has 2 heterocycles. The number of carbonyl (C=O) groups excluding carboxylic acids is 2. The van der Waals surface area contributed by atoms with Crippen LogP contribution < -0.4 is 10.6 Å². The van der Waals surface area contributed by atoms with Gasteiger partial charge in [0, 0.05) is 25.0 Å². The highest BCUT2D eigenvalue weighted by molar-refractivity contribution is 5.90. The number of benzene rings is 2. The summed E-state index contributed by atoms with van der Waals surface area (Å²) in [5.74, 6) is -0.111. The first-order valence-electron chi connectivity index (χ1n) is 9.59. The molecule has 2 saturated heterocycles. The summed E-state index contributed by atoms with van der Waals surface area (Å²) >= 11 is 0. The number of hydrogen-bond acceptors (Lipinski definition) is 3. The van der Waals surface area contributed by atoms with Crippen LogP contribution in [0.4, 0.5) is 0 Å². The minimum atomic E-state index is -0.478. The number of piperazine rings is 1. The minimum Gasteiger partial charge on any atom is -0.342 e. The molecule has 0 unspecified atom stereocenters. The molecule has 2 aliphatic heterocycles. The maximum Gasteiger partial charge on any atom is 0.246 e. The Labute approximate surface area is 159 Å². The monoisotopic (exact) mass is 363 g/mol. The van der Waals surface area contributed by atoms with Gasteiger partial charge in [0.15, 0.2) is 0 Å². The van der Waals surface area contributed by atoms with Crippen LogP contribution in [0.25, 0.3) is 0 Å². The zero-order valence-electron chi connectivity index (χ0n) is 15.4. The van der Waals surface area contributed by atoms with Crippen molar-refractivity contribution in [3.8, 4) is 0 Å². The molecule has 4 rings (SSSR count). The molecule has 140 valence electrons. The highest BCUT2D eigenvalue weighted by Crippen LogP contribution is 2.40. The summed E-state index contributed by atoms with van der Waals surface area (Å²) < 4.78 is 0. The molecule has 0 spiro atoms. The fraction of sp³-hybridized carbons (Fsp3) is 0.364. The lowest BCUT2D eigenvalue weighted by Gasteiger charge is -2.45. The normalized spacial score (nSPS) is 22.1. The maximum atomic E-state index is 13.1. The van der Waals surface area contributed by atoms with E-state index in [4.69, 9.17) is 0 Å². The highest BCUT2D eigenvalue weighted by atomic mass is 16.2. The van der Waals surface area contributed by atoms with Crippen LogP contribution in [0.1, 0.15) is 24.0 Å². The standard InChI is InChI=1S/C22H25N3O2/c26-20-15-23-14-19(24-20)21(27)25-13-7-12-22(16-25,17-8-3-1-4-9-17)18-10-5-2-6-11-18/h1-6,8-11,19,23H,7,12-16H2,(H,24,26)/t19-/m1/s1. The van der Waals surface area contributed by atoms with Crippen molar-refractivity contribution in [2.45, 2.75) is 24.3 Å². The highest BCUT2D eigenvalue weighted by Gasteiger charge is 2.41. The van der Waals surface area contributed by atoms with E-state index in [0.717, 1.165) is 19.4 Å². The molecular weight excluding hydrogens is 338 g/mol. The van der Waals surface area contributed by atoms with Gasteiger partial charge in [-0.3, -0.25) is 9.59 Å². The average molecular weight is 363 g/mol. The molecule has 2 amide bonds. The van der Waals surface area contributed by atoms with Crippen molar-refractivity contribution in [1.82, 2.24) is 15.5 Å². The first-order valence-corrected chi connectivity index (χ1v) is 9.59. The van der Waals surface area contributed by atoms with E-state index in [-0.39, 0.29) is 23.8 Å². The van der Waals surface area contributed by atoms with Gasteiger partial charge in [0.05, 0.1) is 6.54 Å². The van der Waals surface area contributed by atoms with E-state index in [1.54, 1.807) is 0 Å². The number of amides is 2. The van der Waals surface area contributed by atoms with Crippen molar-refractivity contribution in [3.63, 3.8) is 0 Å². The van der Waals surface area contributed by atoms with Crippen LogP contribution in [0.2, 0.25) is 0 Å². The Morgan fingerprint density at radius 2 is 1.63 bits per heavy atom. The van der Waals surface area contributed by atoms with Crippen LogP contribution in [0.3, 0.4) is 0 Å². The van der Waals surface area contributed by atoms with Gasteiger partial charge in [-0.1, -0.05) is 60.7 Å². The third-order valence-corrected chi connectivity index (χ3v) is 5.72. The lowest BCUT2D eigenvalue weighted by molar-refractivity contribution is -0.139. The van der Waals surface area contributed by atoms with E-state index < -0.39 is 6.04 Å². The van der Waals surface area contributed by atoms with E-state index in [9.17, 15) is 9.59 Å². The van der Waals surface area contributed by atoms with Crippen molar-refractivity contribution >= 4 is 11.8 Å². The van der Waals surface area contributed by atoms with Crippen LogP contribution in [0.5, 0.6) is 0 Å². The zero-order chi connectivity index (χ0) is 18.7. The Morgan fingerprint density at radius 3 is 2.22 bits per heavy atom. The summed E-state index contributed by atoms with van der Waals surface area (Å²) in [7, 11) is 0. The molecule has 2 aromatic rings. The fourth-order valence-corrected chi connectivity index (χ4v) is 4.39. The molecule has 0 aliphatic carbocycles. The Morgan fingerprint density at radius 1 is 1.00 bits per heavy atom. The van der Waals surface area contributed by atoms with Gasteiger partial charge in [0.1, 0.15) is 6.04 Å². The van der Waals surface area contributed by atoms with E-state index in [0.29, 0.717) is 13.1 Å². The summed E-state index contributed by atoms with van der Waals surface area (Å²) in [5, 5.41) is 5.86. The number of rotatable bonds is 3. The number of nitrogens with zero attached hydrogens (tertiary/aromatic N) is 1. The third-order valence-electron chi connectivity index (χ3n) is 5.72. The number of carbonyl (C=O) groups is 2. The molecule has 1 atom stereocenters. The smallest absolute Gasteiger partial charge is 0.246 e. The molecule has 5 nitrogen and oxygen atoms in total. The lowest BCUT2D eigenvalue weighted by atomic mass is 9.69. The largest absolute Gasteiger partial charge is 0.342 e. The van der Waals surface area contributed by atoms with Crippen LogP contribution >= 0.6 is 0 Å². The van der Waals surface area contributed by atoms with Crippen LogP contribution in [0, 0.1) is 0 Å². The zero-order valence-corrected chi connectivity index (χ0v) is 15.4. The van der Waals surface area contributed by atoms with E-state index in [1.807, 2.05) is 17.0 Å². The molecule has 2 aromatic carbocycles. The Kier molecular flexibility index (Phi) is 4.94. The predicted molar refractivity (Wildman–Crippen MR) is 104 cm³/mol. The van der Waals surface area contributed by atoms with Gasteiger partial charge in [0.2, 0.25) is 11.8 Å². The molecule has 5 heteroatoms. The number of nitrogens with one attached hydrogen (secondary N) is 2. The van der Waals surface area contributed by atoms with Gasteiger partial charge in [-0.15, -0.1) is 0 Å². The quantitative estimate of drug-likeness (QED) is 0.872. The molecule has 0 aromatic heterocycles. The second-order valence-electron chi connectivity index (χ2n) is 7.43. The molecular formula is C22H25N3O2. The molecule has 0 bridgehead atoms. The van der Waals surface area contributed by atoms with Crippen molar-refractivity contribution in [3.05, 3.63) is 71.8 Å². The van der Waals surface area contributed by atoms with E-state index in [2.05, 4.69) is 59.2 Å². The first kappa shape index (κ1) is 17.7. The summed E-state index contributed by atoms with van der Waals surface area (Å²) in [6.45, 7) is 2.13. The summed E-state index contributed by atoms with van der Waals surface area (Å²) in [6.07, 6.45) is 1.93. The molecule has 2 N–H and O–H groups in total. The number of likely N-dealkylation sites (tertiary alicyclic amines) is 1. The second-order valence-corrected chi connectivity index (χ2v) is 7.43. The van der Waals surface area contributed by atoms with E-state index >= 15 is 0 Å². The molecule has 2 fully saturated rings. The van der Waals surface area contributed by atoms with Gasteiger partial charge in [0.25, 0.3) is 0 Å². The van der Waals surface area contributed by atoms with Crippen molar-refractivity contribution in [2.75, 3.05) is 26.2 Å². The fourth-order valence-electron chi connectivity index (χ4n) is 4.39. The van der Waals surface area contributed by atoms with Crippen LogP contribution in [0.15, 0.2) is 60.7 Å². The maximum absolute atomic E-state index is 13.1. The van der Waals surface area contributed by atoms with Gasteiger partial charge in [-0.2, -0.15) is 0 Å². The summed E-state index contributed by atoms with van der Waals surface area (Å²) in [6, 6.07) is 20.4. The summed E-state index contributed by atoms with van der Waals surface area (Å²) in [4.78, 5) is 26.7. The van der Waals surface area contributed by atoms with Crippen LogP contribution in [-0.2, 0) is 15.0 Å². The van der Waals surface area contributed by atoms with Gasteiger partial charge in [-0.05, 0) is 24.0 Å². The van der Waals surface area contributed by atoms with Crippen molar-refractivity contribution < 1.29 is 9.59 Å². The Balaban J connectivity index is 1.66. The lowest BCUT2D eigenvalue weighted by Crippen LogP contribution is -2.61. The molecule has 0 saturated carbocycles.